The van der Waals surface area contributed by atoms with E-state index in [1.54, 1.807) is 0 Å². The number of ketones is 5. The number of aliphatic carboxylic acids is 2. The molecule has 0 fully saturated rings. The van der Waals surface area contributed by atoms with Crippen LogP contribution in [-0.2, 0) is 62.1 Å². The van der Waals surface area contributed by atoms with Crippen molar-refractivity contribution in [3.05, 3.63) is 0 Å². The first kappa shape index (κ1) is 70.1. The molecule has 72 heavy (non-hydrogen) atoms. The van der Waals surface area contributed by atoms with Gasteiger partial charge in [-0.3, -0.25) is 38.4 Å². The van der Waals surface area contributed by atoms with Crippen LogP contribution in [0.15, 0.2) is 0 Å². The van der Waals surface area contributed by atoms with Crippen LogP contribution in [0.3, 0.4) is 0 Å². The Balaban J connectivity index is -0.000000645. The highest BCUT2D eigenvalue weighted by molar-refractivity contribution is 5.92. The van der Waals surface area contributed by atoms with Crippen molar-refractivity contribution in [2.24, 2.45) is 17.3 Å². The van der Waals surface area contributed by atoms with E-state index in [0.29, 0.717) is 91.1 Å². The summed E-state index contributed by atoms with van der Waals surface area (Å²) in [4.78, 5) is 105. The SMILES string of the molecule is CCOCC(=O)NCCOCCOCC(=O)NCCCC[C@H](CC(=O)C(C)(C)C)C(=O)CCC(C)=O.CCOCCCC(=O)CC[C@H](CC(=O)CCCCCCCCCCCCCCCCC(=O)O)C(=O)O.[HH].[HH]. The van der Waals surface area contributed by atoms with Crippen LogP contribution in [0.2, 0.25) is 0 Å². The fourth-order valence-electron chi connectivity index (χ4n) is 7.48. The summed E-state index contributed by atoms with van der Waals surface area (Å²) in [6.45, 7) is 14.0. The van der Waals surface area contributed by atoms with Gasteiger partial charge in [0, 0.05) is 98.5 Å². The molecule has 0 aromatic carbocycles. The number of rotatable bonds is 50. The van der Waals surface area contributed by atoms with Crippen molar-refractivity contribution in [3.63, 3.8) is 0 Å². The van der Waals surface area contributed by atoms with Crippen molar-refractivity contribution in [2.45, 2.75) is 215 Å². The zero-order valence-corrected chi connectivity index (χ0v) is 45.5. The maximum atomic E-state index is 12.6. The number of carboxylic acid groups (broad SMARTS) is 2. The minimum atomic E-state index is -0.985. The lowest BCUT2D eigenvalue weighted by molar-refractivity contribution is -0.144. The normalized spacial score (nSPS) is 12.0. The average molecular weight is 1030 g/mol. The van der Waals surface area contributed by atoms with E-state index in [1.807, 2.05) is 34.6 Å². The Morgan fingerprint density at radius 1 is 0.472 bits per heavy atom. The molecular weight excluding hydrogens is 929 g/mol. The highest BCUT2D eigenvalue weighted by atomic mass is 16.5. The summed E-state index contributed by atoms with van der Waals surface area (Å²) in [6.07, 6.45) is 20.5. The molecule has 422 valence electrons. The second-order valence-corrected chi connectivity index (χ2v) is 19.7. The molecule has 0 saturated heterocycles. The largest absolute Gasteiger partial charge is 0.481 e. The van der Waals surface area contributed by atoms with Gasteiger partial charge in [-0.25, -0.2) is 0 Å². The maximum absolute atomic E-state index is 12.6. The van der Waals surface area contributed by atoms with Crippen molar-refractivity contribution in [1.82, 2.24) is 10.6 Å². The van der Waals surface area contributed by atoms with Crippen molar-refractivity contribution in [1.29, 1.82) is 0 Å². The summed E-state index contributed by atoms with van der Waals surface area (Å²) in [7, 11) is 0. The first-order valence-electron chi connectivity index (χ1n) is 27.2. The van der Waals surface area contributed by atoms with Crippen LogP contribution in [0.25, 0.3) is 0 Å². The topological polar surface area (TPSA) is 255 Å². The number of hydrogen-bond acceptors (Lipinski definition) is 13. The third-order valence-corrected chi connectivity index (χ3v) is 12.0. The Bertz CT molecular complexity index is 1510. The van der Waals surface area contributed by atoms with Gasteiger partial charge in [-0.05, 0) is 59.3 Å². The number of carbonyl (C=O) groups is 9. The minimum absolute atomic E-state index is 0. The van der Waals surface area contributed by atoms with E-state index in [4.69, 9.17) is 24.1 Å². The predicted molar refractivity (Wildman–Crippen MR) is 282 cm³/mol. The molecule has 0 rings (SSSR count). The number of carboxylic acids is 2. The summed E-state index contributed by atoms with van der Waals surface area (Å²) in [5.41, 5.74) is -0.516. The van der Waals surface area contributed by atoms with Crippen LogP contribution in [-0.4, -0.2) is 129 Å². The molecule has 0 aromatic heterocycles. The molecule has 2 atom stereocenters. The van der Waals surface area contributed by atoms with Gasteiger partial charge in [-0.1, -0.05) is 104 Å². The maximum Gasteiger partial charge on any atom is 0.306 e. The van der Waals surface area contributed by atoms with Crippen molar-refractivity contribution < 1.29 is 75.2 Å². The molecule has 0 saturated carbocycles. The van der Waals surface area contributed by atoms with E-state index < -0.39 is 29.2 Å². The second-order valence-electron chi connectivity index (χ2n) is 19.7. The van der Waals surface area contributed by atoms with Gasteiger partial charge in [0.25, 0.3) is 0 Å². The number of ether oxygens (including phenoxy) is 4. The van der Waals surface area contributed by atoms with Crippen LogP contribution in [0.5, 0.6) is 0 Å². The summed E-state index contributed by atoms with van der Waals surface area (Å²) in [5.74, 6) is -3.29. The average Bonchev–Trinajstić information content (AvgIpc) is 3.32. The van der Waals surface area contributed by atoms with E-state index in [-0.39, 0.29) is 102 Å². The molecule has 0 spiro atoms. The quantitative estimate of drug-likeness (QED) is 0.0414. The van der Waals surface area contributed by atoms with E-state index in [0.717, 1.165) is 38.5 Å². The zero-order chi connectivity index (χ0) is 54.3. The molecule has 0 heterocycles. The number of Topliss-reactive ketones (excluding diaryl/α,β-unsaturated/α-hetero) is 5. The standard InChI is InChI=1S/C29H52O7.C26H46N2O8.2H2/c1-2-36-23-17-19-26(30)22-21-25(29(34)35)24-27(31)18-15-13-11-9-7-5-3-4-6-8-10-12-14-16-20-28(32)33;1-6-34-18-24(32)28-13-14-35-15-16-36-19-25(33)27-12-8-7-9-21(17-23(31)26(3,4)5)22(30)11-10-20(2)29;;/h25H,2-24H2,1H3,(H,32,33)(H,34,35);21H,6-19H2,1-5H3,(H,27,33)(H,28,32);2*1H/t25-;21-;;/m11../s1. The van der Waals surface area contributed by atoms with Gasteiger partial charge >= 0.3 is 11.9 Å². The number of unbranched alkanes of at least 4 members (excludes halogenated alkanes) is 14. The number of nitrogens with one attached hydrogen (secondary N) is 2. The fourth-order valence-corrected chi connectivity index (χ4v) is 7.48. The third kappa shape index (κ3) is 48.3. The molecule has 17 heteroatoms. The van der Waals surface area contributed by atoms with Gasteiger partial charge in [-0.2, -0.15) is 0 Å². The first-order chi connectivity index (χ1) is 34.3. The molecule has 2 amide bonds. The highest BCUT2D eigenvalue weighted by Gasteiger charge is 2.28. The molecule has 0 aliphatic heterocycles. The molecule has 0 aromatic rings. The van der Waals surface area contributed by atoms with Gasteiger partial charge in [0.2, 0.25) is 11.8 Å². The van der Waals surface area contributed by atoms with Crippen LogP contribution >= 0.6 is 0 Å². The molecule has 0 aliphatic carbocycles. The van der Waals surface area contributed by atoms with Crippen molar-refractivity contribution in [3.8, 4) is 0 Å². The molecule has 4 N–H and O–H groups in total. The van der Waals surface area contributed by atoms with Crippen LogP contribution in [0.4, 0.5) is 0 Å². The van der Waals surface area contributed by atoms with E-state index >= 15 is 0 Å². The van der Waals surface area contributed by atoms with Gasteiger partial charge in [0.05, 0.1) is 25.7 Å². The lowest BCUT2D eigenvalue weighted by Crippen LogP contribution is -2.31. The molecule has 17 nitrogen and oxygen atoms in total. The molecule has 0 radical (unpaired) electrons. The zero-order valence-electron chi connectivity index (χ0n) is 45.5. The third-order valence-electron chi connectivity index (χ3n) is 12.0. The number of hydrogen-bond donors (Lipinski definition) is 4. The van der Waals surface area contributed by atoms with Gasteiger partial charge in [0.15, 0.2) is 0 Å². The minimum Gasteiger partial charge on any atom is -0.481 e. The second kappa shape index (κ2) is 48.0. The monoisotopic (exact) mass is 1030 g/mol. The van der Waals surface area contributed by atoms with E-state index in [9.17, 15) is 48.3 Å². The Kier molecular flexibility index (Phi) is 46.8. The lowest BCUT2D eigenvalue weighted by atomic mass is 9.81. The molecule has 0 bridgehead atoms. The van der Waals surface area contributed by atoms with Gasteiger partial charge in [-0.15, -0.1) is 0 Å². The summed E-state index contributed by atoms with van der Waals surface area (Å²) in [6, 6.07) is 0. The number of carbonyl (C=O) groups excluding carboxylic acids is 7. The smallest absolute Gasteiger partial charge is 0.306 e. The van der Waals surface area contributed by atoms with Crippen molar-refractivity contribution in [2.75, 3.05) is 65.9 Å². The Labute approximate surface area is 435 Å². The molecule has 0 unspecified atom stereocenters. The van der Waals surface area contributed by atoms with Crippen LogP contribution in [0.1, 0.15) is 218 Å². The predicted octanol–water partition coefficient (Wildman–Crippen LogP) is 9.65. The Morgan fingerprint density at radius 3 is 1.51 bits per heavy atom. The summed E-state index contributed by atoms with van der Waals surface area (Å²) < 4.78 is 20.8. The first-order valence-corrected chi connectivity index (χ1v) is 27.2. The number of amides is 2. The fraction of sp³-hybridized carbons (Fsp3) is 0.836. The Hall–Kier alpha value is -3.93. The van der Waals surface area contributed by atoms with E-state index in [1.165, 1.54) is 58.3 Å². The van der Waals surface area contributed by atoms with Crippen LogP contribution < -0.4 is 10.6 Å². The highest BCUT2D eigenvalue weighted by Crippen LogP contribution is 2.25. The molecule has 0 aliphatic rings. The lowest BCUT2D eigenvalue weighted by Gasteiger charge is -2.21. The van der Waals surface area contributed by atoms with E-state index in [2.05, 4.69) is 10.6 Å². The summed E-state index contributed by atoms with van der Waals surface area (Å²) >= 11 is 0. The van der Waals surface area contributed by atoms with Gasteiger partial charge in [0.1, 0.15) is 42.1 Å². The Morgan fingerprint density at radius 2 is 0.986 bits per heavy atom. The van der Waals surface area contributed by atoms with Crippen LogP contribution in [0, 0.1) is 17.3 Å². The summed E-state index contributed by atoms with van der Waals surface area (Å²) in [5, 5.41) is 23.4. The van der Waals surface area contributed by atoms with Gasteiger partial charge < -0.3 is 44.6 Å². The molecular formula is C55H102N2O15. The van der Waals surface area contributed by atoms with Crippen molar-refractivity contribution >= 4 is 52.7 Å².